The fourth-order valence-electron chi connectivity index (χ4n) is 2.40. The number of fused-ring (bicyclic) bond motifs is 1. The molecular formula is C18H17ClN2O3S2. The lowest BCUT2D eigenvalue weighted by molar-refractivity contribution is 0.0958. The number of hydrogen-bond acceptors (Lipinski definition) is 4. The molecule has 26 heavy (non-hydrogen) atoms. The summed E-state index contributed by atoms with van der Waals surface area (Å²) < 4.78 is 27.8. The van der Waals surface area contributed by atoms with Crippen LogP contribution in [0.5, 0.6) is 0 Å². The van der Waals surface area contributed by atoms with Crippen LogP contribution in [-0.4, -0.2) is 27.4 Å². The maximum atomic E-state index is 12.3. The van der Waals surface area contributed by atoms with Gasteiger partial charge in [0.25, 0.3) is 5.91 Å². The Balaban J connectivity index is 1.58. The van der Waals surface area contributed by atoms with Crippen molar-refractivity contribution in [3.05, 3.63) is 64.0 Å². The van der Waals surface area contributed by atoms with Crippen LogP contribution >= 0.6 is 22.9 Å². The van der Waals surface area contributed by atoms with E-state index in [-0.39, 0.29) is 23.9 Å². The highest BCUT2D eigenvalue weighted by molar-refractivity contribution is 7.89. The lowest BCUT2D eigenvalue weighted by Crippen LogP contribution is -2.34. The minimum absolute atomic E-state index is 0.0878. The van der Waals surface area contributed by atoms with Gasteiger partial charge in [-0.1, -0.05) is 47.5 Å². The molecule has 0 aliphatic rings. The van der Waals surface area contributed by atoms with Crippen molar-refractivity contribution in [1.29, 1.82) is 0 Å². The summed E-state index contributed by atoms with van der Waals surface area (Å²) in [6.07, 6.45) is 0. The van der Waals surface area contributed by atoms with Gasteiger partial charge in [-0.25, -0.2) is 13.1 Å². The van der Waals surface area contributed by atoms with E-state index in [1.54, 1.807) is 24.3 Å². The second-order valence-corrected chi connectivity index (χ2v) is 8.91. The number of carbonyl (C=O) groups excluding carboxylic acids is 1. The second-order valence-electron chi connectivity index (χ2n) is 5.71. The van der Waals surface area contributed by atoms with Crippen molar-refractivity contribution in [3.8, 4) is 0 Å². The largest absolute Gasteiger partial charge is 0.350 e. The summed E-state index contributed by atoms with van der Waals surface area (Å²) in [7, 11) is -3.59. The Kier molecular flexibility index (Phi) is 5.62. The van der Waals surface area contributed by atoms with Crippen LogP contribution in [0.1, 0.15) is 15.2 Å². The topological polar surface area (TPSA) is 75.3 Å². The lowest BCUT2D eigenvalue weighted by atomic mass is 10.2. The highest BCUT2D eigenvalue weighted by Crippen LogP contribution is 2.34. The zero-order valence-corrected chi connectivity index (χ0v) is 16.3. The summed E-state index contributed by atoms with van der Waals surface area (Å²) >= 11 is 7.58. The van der Waals surface area contributed by atoms with Gasteiger partial charge in [-0.05, 0) is 25.1 Å². The van der Waals surface area contributed by atoms with Crippen molar-refractivity contribution >= 4 is 49.0 Å². The first-order valence-corrected chi connectivity index (χ1v) is 10.6. The zero-order valence-electron chi connectivity index (χ0n) is 14.0. The van der Waals surface area contributed by atoms with E-state index < -0.39 is 10.0 Å². The molecule has 1 amide bonds. The first-order valence-electron chi connectivity index (χ1n) is 7.90. The van der Waals surface area contributed by atoms with E-state index in [9.17, 15) is 13.2 Å². The van der Waals surface area contributed by atoms with Gasteiger partial charge in [-0.15, -0.1) is 11.3 Å². The number of thiophene rings is 1. The molecule has 0 unspecified atom stereocenters. The molecule has 136 valence electrons. The number of hydrogen-bond donors (Lipinski definition) is 2. The first-order chi connectivity index (χ1) is 12.4. The molecule has 3 aromatic rings. The van der Waals surface area contributed by atoms with E-state index in [1.165, 1.54) is 11.3 Å². The SMILES string of the molecule is Cc1ccc(S(=O)(=O)NCCNC(=O)c2sc3ccccc3c2Cl)cc1. The van der Waals surface area contributed by atoms with Crippen molar-refractivity contribution < 1.29 is 13.2 Å². The molecule has 1 aromatic heterocycles. The maximum Gasteiger partial charge on any atom is 0.262 e. The van der Waals surface area contributed by atoms with E-state index in [2.05, 4.69) is 10.0 Å². The molecule has 2 N–H and O–H groups in total. The van der Waals surface area contributed by atoms with E-state index in [1.807, 2.05) is 31.2 Å². The molecule has 0 radical (unpaired) electrons. The molecule has 5 nitrogen and oxygen atoms in total. The number of halogens is 1. The van der Waals surface area contributed by atoms with Gasteiger partial charge in [0.2, 0.25) is 10.0 Å². The molecule has 0 saturated heterocycles. The van der Waals surface area contributed by atoms with Gasteiger partial charge in [0.05, 0.1) is 9.92 Å². The van der Waals surface area contributed by atoms with Gasteiger partial charge >= 0.3 is 0 Å². The zero-order chi connectivity index (χ0) is 18.7. The van der Waals surface area contributed by atoms with E-state index >= 15 is 0 Å². The van der Waals surface area contributed by atoms with Crippen molar-refractivity contribution in [2.45, 2.75) is 11.8 Å². The molecule has 3 rings (SSSR count). The number of rotatable bonds is 6. The Hall–Kier alpha value is -1.93. The van der Waals surface area contributed by atoms with Crippen LogP contribution in [0.4, 0.5) is 0 Å². The molecule has 0 atom stereocenters. The monoisotopic (exact) mass is 408 g/mol. The Morgan fingerprint density at radius 2 is 1.77 bits per heavy atom. The molecule has 1 heterocycles. The summed E-state index contributed by atoms with van der Waals surface area (Å²) in [6.45, 7) is 2.14. The molecule has 0 spiro atoms. The lowest BCUT2D eigenvalue weighted by Gasteiger charge is -2.08. The van der Waals surface area contributed by atoms with Gasteiger partial charge in [0.15, 0.2) is 0 Å². The second kappa shape index (κ2) is 7.75. The molecule has 0 fully saturated rings. The normalized spacial score (nSPS) is 11.6. The molecule has 2 aromatic carbocycles. The van der Waals surface area contributed by atoms with Gasteiger partial charge in [0, 0.05) is 23.2 Å². The highest BCUT2D eigenvalue weighted by Gasteiger charge is 2.17. The Bertz CT molecular complexity index is 1040. The quantitative estimate of drug-likeness (QED) is 0.612. The predicted octanol–water partition coefficient (Wildman–Crippen LogP) is 3.57. The number of nitrogens with one attached hydrogen (secondary N) is 2. The van der Waals surface area contributed by atoms with Crippen LogP contribution in [0.15, 0.2) is 53.4 Å². The van der Waals surface area contributed by atoms with Gasteiger partial charge < -0.3 is 5.32 Å². The minimum atomic E-state index is -3.59. The summed E-state index contributed by atoms with van der Waals surface area (Å²) in [5.74, 6) is -0.314. The van der Waals surface area contributed by atoms with Crippen molar-refractivity contribution in [2.24, 2.45) is 0 Å². The molecular weight excluding hydrogens is 392 g/mol. The Morgan fingerprint density at radius 1 is 1.08 bits per heavy atom. The Morgan fingerprint density at radius 3 is 2.46 bits per heavy atom. The van der Waals surface area contributed by atoms with Crippen molar-refractivity contribution in [3.63, 3.8) is 0 Å². The third-order valence-electron chi connectivity index (χ3n) is 3.78. The standard InChI is InChI=1S/C18H17ClN2O3S2/c1-12-6-8-13(9-7-12)26(23,24)21-11-10-20-18(22)17-16(19)14-4-2-3-5-15(14)25-17/h2-9,21H,10-11H2,1H3,(H,20,22). The summed E-state index contributed by atoms with van der Waals surface area (Å²) in [6, 6.07) is 14.1. The predicted molar refractivity (Wildman–Crippen MR) is 106 cm³/mol. The fourth-order valence-corrected chi connectivity index (χ4v) is 4.87. The van der Waals surface area contributed by atoms with Gasteiger partial charge in [-0.2, -0.15) is 0 Å². The van der Waals surface area contributed by atoms with Crippen LogP contribution in [0.3, 0.4) is 0 Å². The number of amides is 1. The average Bonchev–Trinajstić information content (AvgIpc) is 2.96. The maximum absolute atomic E-state index is 12.3. The van der Waals surface area contributed by atoms with Crippen molar-refractivity contribution in [1.82, 2.24) is 10.0 Å². The van der Waals surface area contributed by atoms with Crippen LogP contribution in [0.2, 0.25) is 5.02 Å². The smallest absolute Gasteiger partial charge is 0.262 e. The summed E-state index contributed by atoms with van der Waals surface area (Å²) in [4.78, 5) is 12.9. The number of benzene rings is 2. The summed E-state index contributed by atoms with van der Waals surface area (Å²) in [5, 5.41) is 3.95. The summed E-state index contributed by atoms with van der Waals surface area (Å²) in [5.41, 5.74) is 0.983. The molecule has 0 saturated carbocycles. The van der Waals surface area contributed by atoms with E-state index in [0.717, 1.165) is 15.6 Å². The number of carbonyl (C=O) groups is 1. The molecule has 0 aliphatic heterocycles. The van der Waals surface area contributed by atoms with Gasteiger partial charge in [-0.3, -0.25) is 4.79 Å². The van der Waals surface area contributed by atoms with Crippen LogP contribution in [0, 0.1) is 6.92 Å². The third-order valence-corrected chi connectivity index (χ3v) is 6.93. The fraction of sp³-hybridized carbons (Fsp3) is 0.167. The van der Waals surface area contributed by atoms with Crippen LogP contribution in [0.25, 0.3) is 10.1 Å². The Labute approximate surface area is 161 Å². The number of sulfonamides is 1. The molecule has 0 aliphatic carbocycles. The first kappa shape index (κ1) is 18.8. The van der Waals surface area contributed by atoms with E-state index in [0.29, 0.717) is 9.90 Å². The molecule has 8 heteroatoms. The van der Waals surface area contributed by atoms with Crippen LogP contribution in [-0.2, 0) is 10.0 Å². The number of aryl methyl sites for hydroxylation is 1. The van der Waals surface area contributed by atoms with E-state index in [4.69, 9.17) is 11.6 Å². The molecule has 0 bridgehead atoms. The minimum Gasteiger partial charge on any atom is -0.350 e. The van der Waals surface area contributed by atoms with Gasteiger partial charge in [0.1, 0.15) is 4.88 Å². The average molecular weight is 409 g/mol. The van der Waals surface area contributed by atoms with Crippen molar-refractivity contribution in [2.75, 3.05) is 13.1 Å². The third kappa shape index (κ3) is 4.07. The van der Waals surface area contributed by atoms with Crippen LogP contribution < -0.4 is 10.0 Å². The highest BCUT2D eigenvalue weighted by atomic mass is 35.5.